The molecule has 23 heavy (non-hydrogen) atoms. The Morgan fingerprint density at radius 3 is 2.17 bits per heavy atom. The van der Waals surface area contributed by atoms with Crippen LogP contribution in [-0.4, -0.2) is 55.4 Å². The number of likely N-dealkylation sites (N-methyl/N-ethyl adjacent to an activating group) is 1. The average Bonchev–Trinajstić information content (AvgIpc) is 2.58. The molecule has 3 rings (SSSR count). The molecule has 4 heteroatoms. The number of rotatable bonds is 5. The predicted octanol–water partition coefficient (Wildman–Crippen LogP) is 2.86. The van der Waals surface area contributed by atoms with Crippen molar-refractivity contribution in [3.8, 4) is 0 Å². The molecule has 0 saturated carbocycles. The normalized spacial score (nSPS) is 16.2. The molecule has 1 fully saturated rings. The lowest BCUT2D eigenvalue weighted by molar-refractivity contribution is 0.0876. The lowest BCUT2D eigenvalue weighted by Gasteiger charge is -2.31. The van der Waals surface area contributed by atoms with Gasteiger partial charge >= 0.3 is 0 Å². The van der Waals surface area contributed by atoms with Crippen molar-refractivity contribution < 1.29 is 4.79 Å². The van der Waals surface area contributed by atoms with E-state index in [0.717, 1.165) is 43.1 Å². The number of carbonyl (C=O) groups excluding carboxylic acids is 1. The van der Waals surface area contributed by atoms with E-state index in [-0.39, 0.29) is 5.78 Å². The maximum absolute atomic E-state index is 12.4. The van der Waals surface area contributed by atoms with Crippen LogP contribution in [0.3, 0.4) is 0 Å². The second kappa shape index (κ2) is 7.40. The zero-order valence-corrected chi connectivity index (χ0v) is 13.5. The number of hydrogen-bond acceptors (Lipinski definition) is 4. The summed E-state index contributed by atoms with van der Waals surface area (Å²) in [4.78, 5) is 16.9. The summed E-state index contributed by atoms with van der Waals surface area (Å²) < 4.78 is 0. The van der Waals surface area contributed by atoms with Crippen molar-refractivity contribution >= 4 is 17.2 Å². The molecule has 0 bridgehead atoms. The second-order valence-electron chi connectivity index (χ2n) is 6.07. The number of hydrogen-bond donors (Lipinski definition) is 1. The molecule has 1 N–H and O–H groups in total. The van der Waals surface area contributed by atoms with E-state index in [9.17, 15) is 4.79 Å². The Morgan fingerprint density at radius 2 is 1.52 bits per heavy atom. The summed E-state index contributed by atoms with van der Waals surface area (Å²) in [6.45, 7) is 4.52. The minimum absolute atomic E-state index is 0.195. The summed E-state index contributed by atoms with van der Waals surface area (Å²) in [5.41, 5.74) is 2.82. The first-order valence-electron chi connectivity index (χ1n) is 8.07. The zero-order chi connectivity index (χ0) is 16.1. The lowest BCUT2D eigenvalue weighted by atomic mass is 10.1. The van der Waals surface area contributed by atoms with Crippen LogP contribution in [0.15, 0.2) is 54.6 Å². The number of anilines is 2. The minimum Gasteiger partial charge on any atom is -0.356 e. The van der Waals surface area contributed by atoms with Crippen LogP contribution < -0.4 is 5.32 Å². The summed E-state index contributed by atoms with van der Waals surface area (Å²) in [6.07, 6.45) is 0. The molecular weight excluding hydrogens is 286 g/mol. The molecule has 0 aliphatic carbocycles. The van der Waals surface area contributed by atoms with Gasteiger partial charge in [-0.25, -0.2) is 0 Å². The molecule has 1 aliphatic rings. The second-order valence-corrected chi connectivity index (χ2v) is 6.07. The molecule has 1 heterocycles. The van der Waals surface area contributed by atoms with E-state index in [2.05, 4.69) is 22.2 Å². The van der Waals surface area contributed by atoms with Gasteiger partial charge in [-0.3, -0.25) is 9.69 Å². The third-order valence-corrected chi connectivity index (χ3v) is 4.23. The first-order chi connectivity index (χ1) is 11.2. The van der Waals surface area contributed by atoms with Crippen LogP contribution >= 0.6 is 0 Å². The van der Waals surface area contributed by atoms with Gasteiger partial charge in [0.25, 0.3) is 0 Å². The van der Waals surface area contributed by atoms with Crippen LogP contribution in [0.5, 0.6) is 0 Å². The van der Waals surface area contributed by atoms with E-state index in [1.54, 1.807) is 0 Å². The highest BCUT2D eigenvalue weighted by atomic mass is 16.1. The molecular formula is C19H23N3O. The van der Waals surface area contributed by atoms with Gasteiger partial charge in [-0.1, -0.05) is 18.2 Å². The predicted molar refractivity (Wildman–Crippen MR) is 94.4 cm³/mol. The van der Waals surface area contributed by atoms with Crippen molar-refractivity contribution in [1.29, 1.82) is 0 Å². The Morgan fingerprint density at radius 1 is 0.913 bits per heavy atom. The van der Waals surface area contributed by atoms with Gasteiger partial charge in [0.05, 0.1) is 6.54 Å². The van der Waals surface area contributed by atoms with E-state index in [1.165, 1.54) is 0 Å². The fourth-order valence-electron chi connectivity index (χ4n) is 2.73. The average molecular weight is 309 g/mol. The summed E-state index contributed by atoms with van der Waals surface area (Å²) in [5.74, 6) is 0.195. The largest absolute Gasteiger partial charge is 0.356 e. The molecule has 2 aromatic carbocycles. The van der Waals surface area contributed by atoms with Gasteiger partial charge in [0.15, 0.2) is 5.78 Å². The molecule has 1 aliphatic heterocycles. The number of benzene rings is 2. The standard InChI is InChI=1S/C19H23N3O/c1-21-11-13-22(14-12-21)15-19(23)16-7-9-18(10-8-16)20-17-5-3-2-4-6-17/h2-10,20H,11-15H2,1H3. The molecule has 120 valence electrons. The molecule has 0 spiro atoms. The van der Waals surface area contributed by atoms with Crippen molar-refractivity contribution in [2.75, 3.05) is 45.1 Å². The maximum atomic E-state index is 12.4. The van der Waals surface area contributed by atoms with Crippen molar-refractivity contribution in [2.45, 2.75) is 0 Å². The minimum atomic E-state index is 0.195. The number of Topliss-reactive ketones (excluding diaryl/α,β-unsaturated/α-hetero) is 1. The summed E-state index contributed by atoms with van der Waals surface area (Å²) in [6, 6.07) is 17.8. The summed E-state index contributed by atoms with van der Waals surface area (Å²) in [7, 11) is 2.12. The zero-order valence-electron chi connectivity index (χ0n) is 13.5. The number of piperazine rings is 1. The molecule has 2 aromatic rings. The highest BCUT2D eigenvalue weighted by molar-refractivity contribution is 5.98. The molecule has 0 atom stereocenters. The molecule has 0 unspecified atom stereocenters. The number of ketones is 1. The third kappa shape index (κ3) is 4.41. The highest BCUT2D eigenvalue weighted by Crippen LogP contribution is 2.17. The van der Waals surface area contributed by atoms with E-state index >= 15 is 0 Å². The van der Waals surface area contributed by atoms with Gasteiger partial charge in [-0.2, -0.15) is 0 Å². The Balaban J connectivity index is 1.57. The van der Waals surface area contributed by atoms with E-state index in [4.69, 9.17) is 0 Å². The van der Waals surface area contributed by atoms with Crippen LogP contribution in [0.1, 0.15) is 10.4 Å². The number of carbonyl (C=O) groups is 1. The lowest BCUT2D eigenvalue weighted by Crippen LogP contribution is -2.46. The van der Waals surface area contributed by atoms with Gasteiger partial charge < -0.3 is 10.2 Å². The maximum Gasteiger partial charge on any atom is 0.176 e. The van der Waals surface area contributed by atoms with Gasteiger partial charge in [0.2, 0.25) is 0 Å². The van der Waals surface area contributed by atoms with Crippen LogP contribution in [0.2, 0.25) is 0 Å². The Hall–Kier alpha value is -2.17. The Kier molecular flexibility index (Phi) is 5.05. The van der Waals surface area contributed by atoms with Crippen molar-refractivity contribution in [2.24, 2.45) is 0 Å². The smallest absolute Gasteiger partial charge is 0.176 e. The van der Waals surface area contributed by atoms with Gasteiger partial charge in [-0.15, -0.1) is 0 Å². The van der Waals surface area contributed by atoms with E-state index in [1.807, 2.05) is 54.6 Å². The topological polar surface area (TPSA) is 35.6 Å². The van der Waals surface area contributed by atoms with Crippen LogP contribution in [0.4, 0.5) is 11.4 Å². The van der Waals surface area contributed by atoms with Gasteiger partial charge in [0, 0.05) is 43.1 Å². The van der Waals surface area contributed by atoms with Crippen molar-refractivity contribution in [3.63, 3.8) is 0 Å². The van der Waals surface area contributed by atoms with Gasteiger partial charge in [-0.05, 0) is 43.4 Å². The molecule has 0 aromatic heterocycles. The summed E-state index contributed by atoms with van der Waals surface area (Å²) in [5, 5.41) is 3.33. The fraction of sp³-hybridized carbons (Fsp3) is 0.316. The molecule has 0 radical (unpaired) electrons. The highest BCUT2D eigenvalue weighted by Gasteiger charge is 2.17. The first-order valence-corrected chi connectivity index (χ1v) is 8.07. The van der Waals surface area contributed by atoms with Crippen LogP contribution in [-0.2, 0) is 0 Å². The number of nitrogens with one attached hydrogen (secondary N) is 1. The first kappa shape index (κ1) is 15.7. The van der Waals surface area contributed by atoms with Gasteiger partial charge in [0.1, 0.15) is 0 Å². The summed E-state index contributed by atoms with van der Waals surface area (Å²) >= 11 is 0. The number of para-hydroxylation sites is 1. The molecule has 4 nitrogen and oxygen atoms in total. The van der Waals surface area contributed by atoms with Crippen LogP contribution in [0.25, 0.3) is 0 Å². The SMILES string of the molecule is CN1CCN(CC(=O)c2ccc(Nc3ccccc3)cc2)CC1. The quantitative estimate of drug-likeness (QED) is 0.862. The Labute approximate surface area is 137 Å². The Bertz CT molecular complexity index is 631. The third-order valence-electron chi connectivity index (χ3n) is 4.23. The monoisotopic (exact) mass is 309 g/mol. The van der Waals surface area contributed by atoms with Crippen LogP contribution in [0, 0.1) is 0 Å². The molecule has 0 amide bonds. The van der Waals surface area contributed by atoms with E-state index < -0.39 is 0 Å². The van der Waals surface area contributed by atoms with Crippen molar-refractivity contribution in [3.05, 3.63) is 60.2 Å². The molecule has 1 saturated heterocycles. The fourth-order valence-corrected chi connectivity index (χ4v) is 2.73. The number of nitrogens with zero attached hydrogens (tertiary/aromatic N) is 2. The van der Waals surface area contributed by atoms with E-state index in [0.29, 0.717) is 6.54 Å². The van der Waals surface area contributed by atoms with Crippen molar-refractivity contribution in [1.82, 2.24) is 9.80 Å².